The largest absolute Gasteiger partial charge is 0.383 e. The van der Waals surface area contributed by atoms with Crippen molar-refractivity contribution in [3.05, 3.63) is 0 Å². The zero-order chi connectivity index (χ0) is 11.8. The van der Waals surface area contributed by atoms with Crippen molar-refractivity contribution in [2.24, 2.45) is 17.6 Å². The number of nitrogens with two attached hydrogens (primary N) is 1. The molecule has 0 aromatic carbocycles. The minimum atomic E-state index is -0.0967. The summed E-state index contributed by atoms with van der Waals surface area (Å²) in [6, 6.07) is 0. The maximum absolute atomic E-state index is 11.9. The first-order valence-corrected chi connectivity index (χ1v) is 5.50. The van der Waals surface area contributed by atoms with Gasteiger partial charge in [-0.2, -0.15) is 0 Å². The van der Waals surface area contributed by atoms with Crippen LogP contribution in [0.1, 0.15) is 20.8 Å². The van der Waals surface area contributed by atoms with Crippen LogP contribution in [0.5, 0.6) is 0 Å². The summed E-state index contributed by atoms with van der Waals surface area (Å²) in [5.74, 6) is 0.500. The summed E-state index contributed by atoms with van der Waals surface area (Å²) in [5.41, 5.74) is 5.49. The highest BCUT2D eigenvalue weighted by atomic mass is 35.5. The molecule has 0 radical (unpaired) electrons. The van der Waals surface area contributed by atoms with Crippen LogP contribution >= 0.6 is 12.4 Å². The zero-order valence-electron chi connectivity index (χ0n) is 10.7. The first kappa shape index (κ1) is 18.1. The molecule has 0 saturated heterocycles. The summed E-state index contributed by atoms with van der Waals surface area (Å²) in [6.45, 7) is 8.46. The van der Waals surface area contributed by atoms with Crippen molar-refractivity contribution in [1.29, 1.82) is 0 Å². The van der Waals surface area contributed by atoms with Gasteiger partial charge in [0.25, 0.3) is 0 Å². The van der Waals surface area contributed by atoms with Crippen molar-refractivity contribution in [2.45, 2.75) is 20.8 Å². The van der Waals surface area contributed by atoms with Crippen LogP contribution in [0.15, 0.2) is 0 Å². The molecule has 0 aromatic rings. The summed E-state index contributed by atoms with van der Waals surface area (Å²) >= 11 is 0. The lowest BCUT2D eigenvalue weighted by Crippen LogP contribution is -2.41. The maximum atomic E-state index is 11.9. The number of methoxy groups -OCH3 is 1. The van der Waals surface area contributed by atoms with Crippen LogP contribution in [-0.2, 0) is 9.53 Å². The first-order chi connectivity index (χ1) is 7.02. The van der Waals surface area contributed by atoms with E-state index >= 15 is 0 Å². The molecule has 0 aliphatic rings. The van der Waals surface area contributed by atoms with Crippen molar-refractivity contribution in [2.75, 3.05) is 33.4 Å². The molecular formula is C11H25ClN2O2. The molecule has 0 rings (SSSR count). The fourth-order valence-electron chi connectivity index (χ4n) is 1.35. The van der Waals surface area contributed by atoms with E-state index in [-0.39, 0.29) is 24.2 Å². The van der Waals surface area contributed by atoms with Crippen molar-refractivity contribution in [1.82, 2.24) is 4.90 Å². The lowest BCUT2D eigenvalue weighted by atomic mass is 10.1. The van der Waals surface area contributed by atoms with Crippen LogP contribution in [0, 0.1) is 11.8 Å². The molecule has 0 aliphatic carbocycles. The van der Waals surface area contributed by atoms with E-state index in [1.807, 2.05) is 11.8 Å². The molecule has 0 bridgehead atoms. The lowest BCUT2D eigenvalue weighted by Gasteiger charge is -2.26. The summed E-state index contributed by atoms with van der Waals surface area (Å²) in [6.07, 6.45) is 0. The predicted octanol–water partition coefficient (Wildman–Crippen LogP) is 1.13. The number of carbonyl (C=O) groups excluding carboxylic acids is 1. The number of ether oxygens (including phenoxy) is 1. The molecule has 0 heterocycles. The summed E-state index contributed by atoms with van der Waals surface area (Å²) < 4.78 is 4.99. The van der Waals surface area contributed by atoms with Crippen LogP contribution in [0.2, 0.25) is 0 Å². The van der Waals surface area contributed by atoms with Gasteiger partial charge in [0.1, 0.15) is 0 Å². The topological polar surface area (TPSA) is 55.6 Å². The number of carbonyl (C=O) groups is 1. The summed E-state index contributed by atoms with van der Waals surface area (Å²) in [5, 5.41) is 0. The molecule has 0 saturated carbocycles. The molecule has 4 nitrogen and oxygen atoms in total. The Bertz CT molecular complexity index is 189. The van der Waals surface area contributed by atoms with Crippen molar-refractivity contribution >= 4 is 18.3 Å². The standard InChI is InChI=1S/C11H24N2O2.ClH/c1-9(2)8-13(5-6-15-4)11(14)10(3)7-12;/h9-10H,5-8,12H2,1-4H3;1H. The summed E-state index contributed by atoms with van der Waals surface area (Å²) in [7, 11) is 1.64. The van der Waals surface area contributed by atoms with Gasteiger partial charge in [-0.3, -0.25) is 4.79 Å². The molecule has 0 aromatic heterocycles. The quantitative estimate of drug-likeness (QED) is 0.739. The minimum Gasteiger partial charge on any atom is -0.383 e. The third kappa shape index (κ3) is 7.04. The van der Waals surface area contributed by atoms with Gasteiger partial charge in [-0.1, -0.05) is 20.8 Å². The Morgan fingerprint density at radius 2 is 1.94 bits per heavy atom. The van der Waals surface area contributed by atoms with E-state index < -0.39 is 0 Å². The van der Waals surface area contributed by atoms with Gasteiger partial charge in [0.05, 0.1) is 6.61 Å². The first-order valence-electron chi connectivity index (χ1n) is 5.50. The smallest absolute Gasteiger partial charge is 0.226 e. The maximum Gasteiger partial charge on any atom is 0.226 e. The van der Waals surface area contributed by atoms with E-state index in [0.29, 0.717) is 25.6 Å². The highest BCUT2D eigenvalue weighted by molar-refractivity contribution is 5.85. The summed E-state index contributed by atoms with van der Waals surface area (Å²) in [4.78, 5) is 13.7. The van der Waals surface area contributed by atoms with Gasteiger partial charge in [0.2, 0.25) is 5.91 Å². The van der Waals surface area contributed by atoms with E-state index in [2.05, 4.69) is 13.8 Å². The molecule has 98 valence electrons. The third-order valence-corrected chi connectivity index (χ3v) is 2.24. The molecule has 1 unspecified atom stereocenters. The average molecular weight is 253 g/mol. The number of nitrogens with zero attached hydrogens (tertiary/aromatic N) is 1. The Hall–Kier alpha value is -0.320. The molecule has 0 spiro atoms. The van der Waals surface area contributed by atoms with E-state index in [4.69, 9.17) is 10.5 Å². The number of hydrogen-bond acceptors (Lipinski definition) is 3. The Kier molecular flexibility index (Phi) is 11.1. The molecule has 5 heteroatoms. The Balaban J connectivity index is 0. The second-order valence-electron chi connectivity index (χ2n) is 4.31. The molecule has 16 heavy (non-hydrogen) atoms. The van der Waals surface area contributed by atoms with Gasteiger partial charge < -0.3 is 15.4 Å². The van der Waals surface area contributed by atoms with E-state index in [1.54, 1.807) is 7.11 Å². The van der Waals surface area contributed by atoms with Crippen LogP contribution in [0.3, 0.4) is 0 Å². The Labute approximate surface area is 105 Å². The molecule has 1 atom stereocenters. The monoisotopic (exact) mass is 252 g/mol. The molecular weight excluding hydrogens is 228 g/mol. The zero-order valence-corrected chi connectivity index (χ0v) is 11.5. The van der Waals surface area contributed by atoms with Crippen molar-refractivity contribution in [3.63, 3.8) is 0 Å². The van der Waals surface area contributed by atoms with Crippen LogP contribution in [0.25, 0.3) is 0 Å². The minimum absolute atomic E-state index is 0. The third-order valence-electron chi connectivity index (χ3n) is 2.24. The second-order valence-corrected chi connectivity index (χ2v) is 4.31. The number of amides is 1. The van der Waals surface area contributed by atoms with E-state index in [9.17, 15) is 4.79 Å². The van der Waals surface area contributed by atoms with Gasteiger partial charge >= 0.3 is 0 Å². The van der Waals surface area contributed by atoms with Crippen molar-refractivity contribution < 1.29 is 9.53 Å². The second kappa shape index (κ2) is 9.87. The number of hydrogen-bond donors (Lipinski definition) is 1. The van der Waals surface area contributed by atoms with Gasteiger partial charge in [-0.15, -0.1) is 12.4 Å². The van der Waals surface area contributed by atoms with Gasteiger partial charge in [-0.05, 0) is 5.92 Å². The fourth-order valence-corrected chi connectivity index (χ4v) is 1.35. The van der Waals surface area contributed by atoms with Gasteiger partial charge in [0, 0.05) is 32.7 Å². The highest BCUT2D eigenvalue weighted by Gasteiger charge is 2.19. The van der Waals surface area contributed by atoms with Crippen LogP contribution in [0.4, 0.5) is 0 Å². The fraction of sp³-hybridized carbons (Fsp3) is 0.909. The molecule has 0 fully saturated rings. The Morgan fingerprint density at radius 3 is 2.31 bits per heavy atom. The van der Waals surface area contributed by atoms with Crippen LogP contribution in [-0.4, -0.2) is 44.2 Å². The van der Waals surface area contributed by atoms with Crippen molar-refractivity contribution in [3.8, 4) is 0 Å². The SMILES string of the molecule is COCCN(CC(C)C)C(=O)C(C)CN.Cl. The lowest BCUT2D eigenvalue weighted by molar-refractivity contribution is -0.135. The van der Waals surface area contributed by atoms with Gasteiger partial charge in [-0.25, -0.2) is 0 Å². The van der Waals surface area contributed by atoms with E-state index in [1.165, 1.54) is 0 Å². The number of rotatable bonds is 7. The molecule has 0 aliphatic heterocycles. The Morgan fingerprint density at radius 1 is 1.38 bits per heavy atom. The van der Waals surface area contributed by atoms with Gasteiger partial charge in [0.15, 0.2) is 0 Å². The number of halogens is 1. The average Bonchev–Trinajstić information content (AvgIpc) is 2.21. The predicted molar refractivity (Wildman–Crippen MR) is 68.8 cm³/mol. The highest BCUT2D eigenvalue weighted by Crippen LogP contribution is 2.05. The normalized spacial score (nSPS) is 12.1. The van der Waals surface area contributed by atoms with Crippen LogP contribution < -0.4 is 5.73 Å². The molecule has 2 N–H and O–H groups in total. The van der Waals surface area contributed by atoms with E-state index in [0.717, 1.165) is 6.54 Å². The molecule has 1 amide bonds.